The average molecular weight is 309 g/mol. The number of aryl methyl sites for hydroxylation is 1. The van der Waals surface area contributed by atoms with Crippen LogP contribution in [0.1, 0.15) is 30.1 Å². The van der Waals surface area contributed by atoms with Crippen molar-refractivity contribution in [2.45, 2.75) is 30.2 Å². The van der Waals surface area contributed by atoms with Gasteiger partial charge in [-0.3, -0.25) is 4.68 Å². The summed E-state index contributed by atoms with van der Waals surface area (Å²) in [6.07, 6.45) is 4.26. The molecule has 1 aromatic carbocycles. The zero-order valence-electron chi connectivity index (χ0n) is 11.6. The van der Waals surface area contributed by atoms with Gasteiger partial charge in [-0.15, -0.1) is 0 Å². The predicted octanol–water partition coefficient (Wildman–Crippen LogP) is 1.92. The van der Waals surface area contributed by atoms with Crippen molar-refractivity contribution < 1.29 is 12.8 Å². The zero-order valence-corrected chi connectivity index (χ0v) is 12.4. The first kappa shape index (κ1) is 14.2. The number of nitrogens with one attached hydrogen (secondary N) is 1. The third-order valence-electron chi connectivity index (χ3n) is 3.80. The summed E-state index contributed by atoms with van der Waals surface area (Å²) in [6, 6.07) is 4.54. The lowest BCUT2D eigenvalue weighted by atomic mass is 9.94. The molecule has 5 nitrogen and oxygen atoms in total. The van der Waals surface area contributed by atoms with Gasteiger partial charge in [-0.1, -0.05) is 0 Å². The molecule has 1 aliphatic carbocycles. The monoisotopic (exact) mass is 309 g/mol. The maximum Gasteiger partial charge on any atom is 0.241 e. The second-order valence-corrected chi connectivity index (χ2v) is 6.90. The van der Waals surface area contributed by atoms with E-state index in [4.69, 9.17) is 0 Å². The van der Waals surface area contributed by atoms with Crippen LogP contribution in [0.15, 0.2) is 35.4 Å². The number of hydrogen-bond acceptors (Lipinski definition) is 3. The Labute approximate surface area is 122 Å². The molecule has 21 heavy (non-hydrogen) atoms. The quantitative estimate of drug-likeness (QED) is 0.942. The Kier molecular flexibility index (Phi) is 3.54. The van der Waals surface area contributed by atoms with E-state index in [9.17, 15) is 12.8 Å². The summed E-state index contributed by atoms with van der Waals surface area (Å²) in [6.45, 7) is 0. The normalized spacial score (nSPS) is 18.5. The van der Waals surface area contributed by atoms with Gasteiger partial charge >= 0.3 is 0 Å². The Morgan fingerprint density at radius 1 is 1.33 bits per heavy atom. The van der Waals surface area contributed by atoms with E-state index in [0.717, 1.165) is 42.7 Å². The molecule has 1 heterocycles. The summed E-state index contributed by atoms with van der Waals surface area (Å²) in [5.74, 6) is -0.457. The minimum Gasteiger partial charge on any atom is -0.272 e. The second kappa shape index (κ2) is 5.23. The smallest absolute Gasteiger partial charge is 0.241 e. The van der Waals surface area contributed by atoms with Crippen molar-refractivity contribution in [3.63, 3.8) is 0 Å². The molecule has 0 radical (unpaired) electrons. The number of rotatable bonds is 3. The summed E-state index contributed by atoms with van der Waals surface area (Å²) < 4.78 is 42.1. The number of sulfonamides is 1. The molecule has 0 amide bonds. The molecule has 1 aromatic heterocycles. The molecule has 0 spiro atoms. The van der Waals surface area contributed by atoms with E-state index < -0.39 is 15.8 Å². The van der Waals surface area contributed by atoms with Gasteiger partial charge in [-0.05, 0) is 43.5 Å². The number of halogens is 1. The van der Waals surface area contributed by atoms with Crippen LogP contribution in [0.5, 0.6) is 0 Å². The number of aromatic nitrogens is 2. The molecule has 7 heteroatoms. The SMILES string of the molecule is Cn1ncc2c1CCCC2NS(=O)(=O)c1ccc(F)cc1. The van der Waals surface area contributed by atoms with E-state index in [1.807, 2.05) is 7.05 Å². The minimum atomic E-state index is -3.66. The first-order valence-corrected chi connectivity index (χ1v) is 8.24. The molecular formula is C14H16FN3O2S. The Bertz CT molecular complexity index is 753. The third kappa shape index (κ3) is 2.71. The molecule has 0 fully saturated rings. The summed E-state index contributed by atoms with van der Waals surface area (Å²) >= 11 is 0. The standard InChI is InChI=1S/C14H16FN3O2S/c1-18-14-4-2-3-13(12(14)9-16-18)17-21(19,20)11-7-5-10(15)6-8-11/h5-9,13,17H,2-4H2,1H3. The molecule has 3 rings (SSSR count). The summed E-state index contributed by atoms with van der Waals surface area (Å²) in [5, 5.41) is 4.20. The van der Waals surface area contributed by atoms with E-state index in [-0.39, 0.29) is 10.9 Å². The zero-order chi connectivity index (χ0) is 15.0. The van der Waals surface area contributed by atoms with Gasteiger partial charge in [0, 0.05) is 18.3 Å². The lowest BCUT2D eigenvalue weighted by Crippen LogP contribution is -2.31. The lowest BCUT2D eigenvalue weighted by molar-refractivity contribution is 0.498. The van der Waals surface area contributed by atoms with Crippen molar-refractivity contribution >= 4 is 10.0 Å². The van der Waals surface area contributed by atoms with Crippen molar-refractivity contribution in [1.82, 2.24) is 14.5 Å². The van der Waals surface area contributed by atoms with E-state index >= 15 is 0 Å². The number of nitrogens with zero attached hydrogens (tertiary/aromatic N) is 2. The fraction of sp³-hybridized carbons (Fsp3) is 0.357. The van der Waals surface area contributed by atoms with Crippen LogP contribution >= 0.6 is 0 Å². The first-order valence-electron chi connectivity index (χ1n) is 6.76. The molecule has 1 unspecified atom stereocenters. The molecule has 0 bridgehead atoms. The van der Waals surface area contributed by atoms with Crippen LogP contribution in [0.3, 0.4) is 0 Å². The maximum absolute atomic E-state index is 12.9. The van der Waals surface area contributed by atoms with Crippen LogP contribution in [0, 0.1) is 5.82 Å². The second-order valence-electron chi connectivity index (χ2n) is 5.19. The van der Waals surface area contributed by atoms with Gasteiger partial charge in [0.05, 0.1) is 17.1 Å². The van der Waals surface area contributed by atoms with Crippen molar-refractivity contribution in [2.75, 3.05) is 0 Å². The Balaban J connectivity index is 1.88. The van der Waals surface area contributed by atoms with E-state index in [1.54, 1.807) is 10.9 Å². The highest BCUT2D eigenvalue weighted by molar-refractivity contribution is 7.89. The summed E-state index contributed by atoms with van der Waals surface area (Å²) in [4.78, 5) is 0.0694. The number of benzene rings is 1. The van der Waals surface area contributed by atoms with Gasteiger partial charge < -0.3 is 0 Å². The van der Waals surface area contributed by atoms with Crippen LogP contribution in [0.2, 0.25) is 0 Å². The molecule has 1 aliphatic rings. The largest absolute Gasteiger partial charge is 0.272 e. The number of hydrogen-bond donors (Lipinski definition) is 1. The van der Waals surface area contributed by atoms with Gasteiger partial charge in [0.2, 0.25) is 10.0 Å². The predicted molar refractivity (Wildman–Crippen MR) is 75.6 cm³/mol. The van der Waals surface area contributed by atoms with Crippen LogP contribution in [0.4, 0.5) is 4.39 Å². The molecule has 112 valence electrons. The van der Waals surface area contributed by atoms with Gasteiger partial charge in [-0.2, -0.15) is 5.10 Å². The third-order valence-corrected chi connectivity index (χ3v) is 5.28. The molecule has 0 saturated heterocycles. The molecule has 2 aromatic rings. The van der Waals surface area contributed by atoms with Gasteiger partial charge in [0.25, 0.3) is 0 Å². The fourth-order valence-electron chi connectivity index (χ4n) is 2.70. The van der Waals surface area contributed by atoms with Gasteiger partial charge in [0.15, 0.2) is 0 Å². The van der Waals surface area contributed by atoms with Gasteiger partial charge in [0.1, 0.15) is 5.82 Å². The highest BCUT2D eigenvalue weighted by Gasteiger charge is 2.27. The van der Waals surface area contributed by atoms with Crippen LogP contribution in [0.25, 0.3) is 0 Å². The van der Waals surface area contributed by atoms with Crippen molar-refractivity contribution in [1.29, 1.82) is 0 Å². The van der Waals surface area contributed by atoms with Crippen LogP contribution in [-0.4, -0.2) is 18.2 Å². The Hall–Kier alpha value is -1.73. The minimum absolute atomic E-state index is 0.0694. The Morgan fingerprint density at radius 3 is 2.76 bits per heavy atom. The van der Waals surface area contributed by atoms with Crippen LogP contribution < -0.4 is 4.72 Å². The highest BCUT2D eigenvalue weighted by Crippen LogP contribution is 2.30. The maximum atomic E-state index is 12.9. The van der Waals surface area contributed by atoms with Crippen molar-refractivity contribution in [3.8, 4) is 0 Å². The van der Waals surface area contributed by atoms with Crippen molar-refractivity contribution in [2.24, 2.45) is 7.05 Å². The van der Waals surface area contributed by atoms with E-state index in [2.05, 4.69) is 9.82 Å². The van der Waals surface area contributed by atoms with E-state index in [1.165, 1.54) is 12.1 Å². The van der Waals surface area contributed by atoms with Gasteiger partial charge in [-0.25, -0.2) is 17.5 Å². The fourth-order valence-corrected chi connectivity index (χ4v) is 3.95. The highest BCUT2D eigenvalue weighted by atomic mass is 32.2. The summed E-state index contributed by atoms with van der Waals surface area (Å²) in [7, 11) is -1.81. The van der Waals surface area contributed by atoms with Crippen LogP contribution in [-0.2, 0) is 23.5 Å². The van der Waals surface area contributed by atoms with Crippen molar-refractivity contribution in [3.05, 3.63) is 47.5 Å². The topological polar surface area (TPSA) is 64.0 Å². The molecule has 1 N–H and O–H groups in total. The molecule has 0 aliphatic heterocycles. The Morgan fingerprint density at radius 2 is 2.05 bits per heavy atom. The molecule has 0 saturated carbocycles. The average Bonchev–Trinajstić information content (AvgIpc) is 2.82. The molecular weight excluding hydrogens is 293 g/mol. The first-order chi connectivity index (χ1) is 9.97. The van der Waals surface area contributed by atoms with E-state index in [0.29, 0.717) is 0 Å². The number of fused-ring (bicyclic) bond motifs is 1. The molecule has 1 atom stereocenters. The lowest BCUT2D eigenvalue weighted by Gasteiger charge is -2.23. The summed E-state index contributed by atoms with van der Waals surface area (Å²) in [5.41, 5.74) is 1.99.